The summed E-state index contributed by atoms with van der Waals surface area (Å²) < 4.78 is 0. The molecule has 0 aliphatic heterocycles. The van der Waals surface area contributed by atoms with Crippen LogP contribution in [0.15, 0.2) is 0 Å². The molecule has 0 saturated carbocycles. The molecular formula is C11H21NO3. The number of carbonyl (C=O) groups excluding carboxylic acids is 1. The largest absolute Gasteiger partial charge is 0.480 e. The summed E-state index contributed by atoms with van der Waals surface area (Å²) in [6.07, 6.45) is 3.07. The minimum atomic E-state index is -1.32. The van der Waals surface area contributed by atoms with E-state index in [2.05, 4.69) is 6.92 Å². The SMILES string of the molecule is CCCCCN(C)C(=O)C(C)(C)C(=O)O. The fraction of sp³-hybridized carbons (Fsp3) is 0.818. The molecule has 0 aliphatic carbocycles. The Hall–Kier alpha value is -1.06. The van der Waals surface area contributed by atoms with E-state index in [1.165, 1.54) is 18.7 Å². The highest BCUT2D eigenvalue weighted by Gasteiger charge is 2.37. The quantitative estimate of drug-likeness (QED) is 0.542. The minimum absolute atomic E-state index is 0.328. The molecule has 0 unspecified atom stereocenters. The molecule has 0 radical (unpaired) electrons. The van der Waals surface area contributed by atoms with Gasteiger partial charge in [-0.3, -0.25) is 9.59 Å². The second kappa shape index (κ2) is 5.73. The molecule has 88 valence electrons. The summed E-state index contributed by atoms with van der Waals surface area (Å²) in [5.41, 5.74) is -1.32. The third kappa shape index (κ3) is 3.90. The summed E-state index contributed by atoms with van der Waals surface area (Å²) in [6.45, 7) is 5.59. The Kier molecular flexibility index (Phi) is 5.33. The van der Waals surface area contributed by atoms with Crippen LogP contribution in [0.5, 0.6) is 0 Å². The van der Waals surface area contributed by atoms with Crippen LogP contribution in [-0.4, -0.2) is 35.5 Å². The molecule has 0 bridgehead atoms. The van der Waals surface area contributed by atoms with Crippen LogP contribution >= 0.6 is 0 Å². The van der Waals surface area contributed by atoms with Gasteiger partial charge in [-0.2, -0.15) is 0 Å². The van der Waals surface area contributed by atoms with Crippen molar-refractivity contribution in [2.75, 3.05) is 13.6 Å². The van der Waals surface area contributed by atoms with Crippen molar-refractivity contribution < 1.29 is 14.7 Å². The Morgan fingerprint density at radius 1 is 1.27 bits per heavy atom. The number of hydrogen-bond donors (Lipinski definition) is 1. The zero-order chi connectivity index (χ0) is 12.1. The molecule has 4 nitrogen and oxygen atoms in total. The van der Waals surface area contributed by atoms with Gasteiger partial charge in [0.25, 0.3) is 0 Å². The van der Waals surface area contributed by atoms with Gasteiger partial charge in [-0.05, 0) is 20.3 Å². The van der Waals surface area contributed by atoms with Gasteiger partial charge in [-0.15, -0.1) is 0 Å². The topological polar surface area (TPSA) is 57.6 Å². The number of hydrogen-bond acceptors (Lipinski definition) is 2. The molecule has 1 N–H and O–H groups in total. The van der Waals surface area contributed by atoms with Gasteiger partial charge in [0.2, 0.25) is 5.91 Å². The third-order valence-electron chi connectivity index (χ3n) is 2.51. The van der Waals surface area contributed by atoms with Crippen molar-refractivity contribution >= 4 is 11.9 Å². The first-order chi connectivity index (χ1) is 6.84. The van der Waals surface area contributed by atoms with Crippen LogP contribution in [0.25, 0.3) is 0 Å². The van der Waals surface area contributed by atoms with E-state index in [1.54, 1.807) is 7.05 Å². The average molecular weight is 215 g/mol. The first-order valence-electron chi connectivity index (χ1n) is 5.33. The number of carbonyl (C=O) groups is 2. The van der Waals surface area contributed by atoms with Crippen molar-refractivity contribution in [3.8, 4) is 0 Å². The van der Waals surface area contributed by atoms with Gasteiger partial charge in [-0.25, -0.2) is 0 Å². The number of unbranched alkanes of at least 4 members (excludes halogenated alkanes) is 2. The number of carboxylic acids is 1. The van der Waals surface area contributed by atoms with Crippen molar-refractivity contribution in [1.82, 2.24) is 4.90 Å². The first kappa shape index (κ1) is 13.9. The summed E-state index contributed by atoms with van der Waals surface area (Å²) in [5.74, 6) is -1.40. The van der Waals surface area contributed by atoms with E-state index in [0.29, 0.717) is 6.54 Å². The van der Waals surface area contributed by atoms with E-state index in [9.17, 15) is 9.59 Å². The smallest absolute Gasteiger partial charge is 0.318 e. The fourth-order valence-electron chi connectivity index (χ4n) is 1.27. The van der Waals surface area contributed by atoms with Crippen LogP contribution in [0.4, 0.5) is 0 Å². The van der Waals surface area contributed by atoms with Gasteiger partial charge < -0.3 is 10.0 Å². The Morgan fingerprint density at radius 3 is 2.20 bits per heavy atom. The molecule has 0 aliphatic rings. The second-order valence-electron chi connectivity index (χ2n) is 4.36. The molecule has 0 rings (SSSR count). The summed E-state index contributed by atoms with van der Waals surface area (Å²) in [5, 5.41) is 8.88. The number of nitrogens with zero attached hydrogens (tertiary/aromatic N) is 1. The highest BCUT2D eigenvalue weighted by Crippen LogP contribution is 2.18. The van der Waals surface area contributed by atoms with Gasteiger partial charge in [0.15, 0.2) is 0 Å². The molecule has 0 aromatic carbocycles. The molecule has 0 atom stereocenters. The zero-order valence-electron chi connectivity index (χ0n) is 10.0. The van der Waals surface area contributed by atoms with Gasteiger partial charge in [0.1, 0.15) is 5.41 Å². The van der Waals surface area contributed by atoms with E-state index < -0.39 is 11.4 Å². The lowest BCUT2D eigenvalue weighted by molar-refractivity contribution is -0.157. The minimum Gasteiger partial charge on any atom is -0.480 e. The van der Waals surface area contributed by atoms with Crippen LogP contribution in [0.2, 0.25) is 0 Å². The number of rotatable bonds is 6. The lowest BCUT2D eigenvalue weighted by Gasteiger charge is -2.25. The maximum Gasteiger partial charge on any atom is 0.318 e. The predicted octanol–water partition coefficient (Wildman–Crippen LogP) is 1.75. The van der Waals surface area contributed by atoms with Crippen LogP contribution in [0.1, 0.15) is 40.0 Å². The fourth-order valence-corrected chi connectivity index (χ4v) is 1.27. The van der Waals surface area contributed by atoms with Crippen LogP contribution in [-0.2, 0) is 9.59 Å². The van der Waals surface area contributed by atoms with Crippen LogP contribution in [0.3, 0.4) is 0 Å². The molecule has 15 heavy (non-hydrogen) atoms. The van der Waals surface area contributed by atoms with Crippen molar-refractivity contribution in [2.45, 2.75) is 40.0 Å². The zero-order valence-corrected chi connectivity index (χ0v) is 10.0. The molecule has 0 spiro atoms. The summed E-state index contributed by atoms with van der Waals surface area (Å²) in [6, 6.07) is 0. The van der Waals surface area contributed by atoms with Crippen molar-refractivity contribution in [3.63, 3.8) is 0 Å². The highest BCUT2D eigenvalue weighted by molar-refractivity contribution is 6.00. The van der Waals surface area contributed by atoms with E-state index in [0.717, 1.165) is 19.3 Å². The Labute approximate surface area is 91.3 Å². The number of amides is 1. The Morgan fingerprint density at radius 2 is 1.80 bits per heavy atom. The maximum absolute atomic E-state index is 11.7. The molecule has 0 heterocycles. The summed E-state index contributed by atoms with van der Waals surface area (Å²) in [7, 11) is 1.66. The lowest BCUT2D eigenvalue weighted by atomic mass is 9.92. The normalized spacial score (nSPS) is 11.2. The third-order valence-corrected chi connectivity index (χ3v) is 2.51. The van der Waals surface area contributed by atoms with Gasteiger partial charge in [0, 0.05) is 13.6 Å². The molecule has 4 heteroatoms. The average Bonchev–Trinajstić information content (AvgIpc) is 2.16. The van der Waals surface area contributed by atoms with E-state index in [-0.39, 0.29) is 5.91 Å². The molecule has 0 saturated heterocycles. The monoisotopic (exact) mass is 215 g/mol. The first-order valence-corrected chi connectivity index (χ1v) is 5.33. The predicted molar refractivity (Wildman–Crippen MR) is 58.6 cm³/mol. The Balaban J connectivity index is 4.25. The number of carboxylic acid groups (broad SMARTS) is 1. The summed E-state index contributed by atoms with van der Waals surface area (Å²) in [4.78, 5) is 24.1. The second-order valence-corrected chi connectivity index (χ2v) is 4.36. The molecule has 0 aromatic rings. The number of aliphatic carboxylic acids is 1. The standard InChI is InChI=1S/C11H21NO3/c1-5-6-7-8-12(4)9(13)11(2,3)10(14)15/h5-8H2,1-4H3,(H,14,15). The van der Waals surface area contributed by atoms with Gasteiger partial charge in [-0.1, -0.05) is 19.8 Å². The van der Waals surface area contributed by atoms with E-state index in [4.69, 9.17) is 5.11 Å². The van der Waals surface area contributed by atoms with Crippen molar-refractivity contribution in [1.29, 1.82) is 0 Å². The van der Waals surface area contributed by atoms with Gasteiger partial charge in [0.05, 0.1) is 0 Å². The van der Waals surface area contributed by atoms with E-state index in [1.807, 2.05) is 0 Å². The molecule has 0 fully saturated rings. The van der Waals surface area contributed by atoms with E-state index >= 15 is 0 Å². The Bertz CT molecular complexity index is 236. The highest BCUT2D eigenvalue weighted by atomic mass is 16.4. The van der Waals surface area contributed by atoms with Gasteiger partial charge >= 0.3 is 5.97 Å². The lowest BCUT2D eigenvalue weighted by Crippen LogP contribution is -2.43. The van der Waals surface area contributed by atoms with Crippen LogP contribution < -0.4 is 0 Å². The molecular weight excluding hydrogens is 194 g/mol. The van der Waals surface area contributed by atoms with Crippen molar-refractivity contribution in [3.05, 3.63) is 0 Å². The van der Waals surface area contributed by atoms with Crippen LogP contribution in [0, 0.1) is 5.41 Å². The molecule has 1 amide bonds. The maximum atomic E-state index is 11.7. The molecule has 0 aromatic heterocycles. The van der Waals surface area contributed by atoms with Crippen molar-refractivity contribution in [2.24, 2.45) is 5.41 Å². The summed E-state index contributed by atoms with van der Waals surface area (Å²) >= 11 is 0.